The summed E-state index contributed by atoms with van der Waals surface area (Å²) in [6, 6.07) is 6.96. The minimum Gasteiger partial charge on any atom is -0.870 e. The Labute approximate surface area is 217 Å². The summed E-state index contributed by atoms with van der Waals surface area (Å²) in [7, 11) is 0. The largest absolute Gasteiger partial charge is 1.00 e. The maximum Gasteiger partial charge on any atom is 1.00 e. The Morgan fingerprint density at radius 1 is 0.971 bits per heavy atom. The van der Waals surface area contributed by atoms with Gasteiger partial charge >= 0.3 is 30.9 Å². The van der Waals surface area contributed by atoms with Crippen LogP contribution in [-0.4, -0.2) is 34.5 Å². The molecular formula is C25H33LiN4O5. The second-order valence-electron chi connectivity index (χ2n) is 8.85. The number of carboxylic acids is 1. The van der Waals surface area contributed by atoms with E-state index in [9.17, 15) is 19.5 Å². The third-order valence-electron chi connectivity index (χ3n) is 6.13. The van der Waals surface area contributed by atoms with Crippen molar-refractivity contribution < 1.29 is 43.8 Å². The SMILES string of the molecule is Cc1cc(C)c(NC(=O)Nc2cc(N)ccc2C(=O)N[C@H](C(=O)O)C2CCCCC2)c(C)c1.[Li+].[OH-]. The van der Waals surface area contributed by atoms with Crippen molar-refractivity contribution in [3.05, 3.63) is 52.6 Å². The molecule has 9 nitrogen and oxygen atoms in total. The number of anilines is 3. The Morgan fingerprint density at radius 3 is 2.14 bits per heavy atom. The van der Waals surface area contributed by atoms with Crippen molar-refractivity contribution in [3.8, 4) is 0 Å². The zero-order valence-electron chi connectivity index (χ0n) is 20.8. The predicted octanol–water partition coefficient (Wildman–Crippen LogP) is 1.43. The Hall–Kier alpha value is -2.99. The van der Waals surface area contributed by atoms with Crippen LogP contribution in [0.5, 0.6) is 0 Å². The molecule has 1 aliphatic carbocycles. The molecule has 0 spiro atoms. The smallest absolute Gasteiger partial charge is 0.870 e. The van der Waals surface area contributed by atoms with Crippen molar-refractivity contribution in [2.45, 2.75) is 58.9 Å². The number of carbonyl (C=O) groups excluding carboxylic acids is 2. The molecule has 7 N–H and O–H groups in total. The Morgan fingerprint density at radius 2 is 1.57 bits per heavy atom. The van der Waals surface area contributed by atoms with E-state index in [-0.39, 0.29) is 41.5 Å². The first kappa shape index (κ1) is 30.0. The van der Waals surface area contributed by atoms with Crippen molar-refractivity contribution in [3.63, 3.8) is 0 Å². The van der Waals surface area contributed by atoms with Gasteiger partial charge in [-0.05, 0) is 68.9 Å². The number of nitrogens with one attached hydrogen (secondary N) is 3. The summed E-state index contributed by atoms with van der Waals surface area (Å²) < 4.78 is 0. The monoisotopic (exact) mass is 476 g/mol. The molecule has 0 bridgehead atoms. The van der Waals surface area contributed by atoms with Gasteiger partial charge in [-0.1, -0.05) is 37.0 Å². The molecule has 1 fully saturated rings. The van der Waals surface area contributed by atoms with Gasteiger partial charge in [-0.15, -0.1) is 0 Å². The fraction of sp³-hybridized carbons (Fsp3) is 0.400. The number of carbonyl (C=O) groups is 3. The minimum atomic E-state index is -1.05. The van der Waals surface area contributed by atoms with Crippen molar-refractivity contribution >= 4 is 35.0 Å². The van der Waals surface area contributed by atoms with Crippen LogP contribution in [0, 0.1) is 26.7 Å². The fourth-order valence-corrected chi connectivity index (χ4v) is 4.58. The van der Waals surface area contributed by atoms with Gasteiger partial charge in [0.15, 0.2) is 0 Å². The van der Waals surface area contributed by atoms with E-state index in [1.165, 1.54) is 12.1 Å². The molecule has 0 heterocycles. The van der Waals surface area contributed by atoms with Crippen molar-refractivity contribution in [1.82, 2.24) is 5.32 Å². The van der Waals surface area contributed by atoms with Gasteiger partial charge in [0.05, 0.1) is 11.3 Å². The first-order valence-corrected chi connectivity index (χ1v) is 11.2. The van der Waals surface area contributed by atoms with Gasteiger partial charge in [0.25, 0.3) is 5.91 Å². The number of urea groups is 1. The Bertz CT molecular complexity index is 1050. The first-order chi connectivity index (χ1) is 15.7. The average Bonchev–Trinajstić information content (AvgIpc) is 2.75. The van der Waals surface area contributed by atoms with Gasteiger partial charge in [0.1, 0.15) is 6.04 Å². The summed E-state index contributed by atoms with van der Waals surface area (Å²) in [6.45, 7) is 5.80. The number of rotatable bonds is 6. The zero-order chi connectivity index (χ0) is 24.1. The van der Waals surface area contributed by atoms with E-state index in [2.05, 4.69) is 16.0 Å². The number of carboxylic acid groups (broad SMARTS) is 1. The molecule has 2 aromatic rings. The van der Waals surface area contributed by atoms with E-state index in [1.54, 1.807) is 6.07 Å². The predicted molar refractivity (Wildman–Crippen MR) is 132 cm³/mol. The number of nitrogens with two attached hydrogens (primary N) is 1. The average molecular weight is 477 g/mol. The molecule has 35 heavy (non-hydrogen) atoms. The number of hydrogen-bond donors (Lipinski definition) is 5. The van der Waals surface area contributed by atoms with Crippen molar-refractivity contribution in [1.29, 1.82) is 0 Å². The molecule has 3 rings (SSSR count). The first-order valence-electron chi connectivity index (χ1n) is 11.2. The molecule has 0 aliphatic heterocycles. The van der Waals surface area contributed by atoms with Crippen LogP contribution in [0.4, 0.5) is 21.9 Å². The topological polar surface area (TPSA) is 164 Å². The van der Waals surface area contributed by atoms with Crippen LogP contribution in [0.2, 0.25) is 0 Å². The maximum absolute atomic E-state index is 13.0. The van der Waals surface area contributed by atoms with E-state index in [0.717, 1.165) is 48.8 Å². The van der Waals surface area contributed by atoms with Crippen LogP contribution in [0.25, 0.3) is 0 Å². The van der Waals surface area contributed by atoms with E-state index in [0.29, 0.717) is 11.4 Å². The molecule has 3 amide bonds. The fourth-order valence-electron chi connectivity index (χ4n) is 4.58. The van der Waals surface area contributed by atoms with Gasteiger partial charge in [-0.3, -0.25) is 4.79 Å². The third-order valence-corrected chi connectivity index (χ3v) is 6.13. The quantitative estimate of drug-likeness (QED) is 0.313. The summed E-state index contributed by atoms with van der Waals surface area (Å²) in [5, 5.41) is 17.9. The molecule has 1 aliphatic rings. The zero-order valence-corrected chi connectivity index (χ0v) is 20.8. The van der Waals surface area contributed by atoms with Gasteiger partial charge < -0.3 is 32.3 Å². The summed E-state index contributed by atoms with van der Waals surface area (Å²) in [5.41, 5.74) is 10.2. The summed E-state index contributed by atoms with van der Waals surface area (Å²) in [5.74, 6) is -1.73. The van der Waals surface area contributed by atoms with Crippen molar-refractivity contribution in [2.75, 3.05) is 16.4 Å². The molecule has 0 saturated heterocycles. The van der Waals surface area contributed by atoms with Crippen LogP contribution in [0.15, 0.2) is 30.3 Å². The number of aryl methyl sites for hydroxylation is 3. The molecular weight excluding hydrogens is 443 g/mol. The van der Waals surface area contributed by atoms with E-state index >= 15 is 0 Å². The van der Waals surface area contributed by atoms with E-state index in [1.807, 2.05) is 32.9 Å². The second-order valence-corrected chi connectivity index (χ2v) is 8.85. The van der Waals surface area contributed by atoms with Gasteiger partial charge in [-0.2, -0.15) is 0 Å². The molecule has 0 aromatic heterocycles. The maximum atomic E-state index is 13.0. The molecule has 0 radical (unpaired) electrons. The number of aliphatic carboxylic acids is 1. The standard InChI is InChI=1S/C25H32N4O4.Li.H2O/c1-14-11-15(2)21(16(3)12-14)29-25(33)27-20-13-18(26)9-10-19(20)23(30)28-22(24(31)32)17-7-5-4-6-8-17;;/h9-13,17,22H,4-8,26H2,1-3H3,(H,28,30)(H,31,32)(H2,27,29,33);;1H2/q;+1;/p-1/t22-;;/m0../s1. The molecule has 0 unspecified atom stereocenters. The number of benzene rings is 2. The van der Waals surface area contributed by atoms with Crippen LogP contribution >= 0.6 is 0 Å². The Kier molecular flexibility index (Phi) is 11.3. The third kappa shape index (κ3) is 7.75. The Balaban J connectivity index is 0.00000306. The number of amides is 3. The molecule has 10 heteroatoms. The van der Waals surface area contributed by atoms with Crippen LogP contribution < -0.4 is 40.5 Å². The summed E-state index contributed by atoms with van der Waals surface area (Å²) in [6.07, 6.45) is 4.52. The molecule has 184 valence electrons. The normalized spacial score (nSPS) is 14.0. The minimum absolute atomic E-state index is 0. The van der Waals surface area contributed by atoms with E-state index in [4.69, 9.17) is 5.73 Å². The summed E-state index contributed by atoms with van der Waals surface area (Å²) >= 11 is 0. The van der Waals surface area contributed by atoms with Crippen molar-refractivity contribution in [2.24, 2.45) is 5.92 Å². The van der Waals surface area contributed by atoms with Gasteiger partial charge in [-0.25, -0.2) is 9.59 Å². The number of nitrogen functional groups attached to an aromatic ring is 1. The molecule has 1 saturated carbocycles. The van der Waals surface area contributed by atoms with Crippen LogP contribution in [0.1, 0.15) is 59.2 Å². The molecule has 1 atom stereocenters. The molecule has 2 aromatic carbocycles. The van der Waals surface area contributed by atoms with Crippen LogP contribution in [0.3, 0.4) is 0 Å². The van der Waals surface area contributed by atoms with Gasteiger partial charge in [0, 0.05) is 11.4 Å². The van der Waals surface area contributed by atoms with Gasteiger partial charge in [0.2, 0.25) is 0 Å². The van der Waals surface area contributed by atoms with Crippen LogP contribution in [-0.2, 0) is 4.79 Å². The second kappa shape index (κ2) is 13.2. The summed E-state index contributed by atoms with van der Waals surface area (Å²) in [4.78, 5) is 37.6. The number of hydrogen-bond acceptors (Lipinski definition) is 5. The van der Waals surface area contributed by atoms with E-state index < -0.39 is 23.9 Å².